The smallest absolute Gasteiger partial charge is 0.425 e. The van der Waals surface area contributed by atoms with Crippen LogP contribution in [-0.2, 0) is 24.8 Å². The van der Waals surface area contributed by atoms with Gasteiger partial charge in [0.15, 0.2) is 22.2 Å². The number of alkyl carbamates (subject to hydrolysis) is 1. The summed E-state index contributed by atoms with van der Waals surface area (Å²) in [4.78, 5) is 32.8. The van der Waals surface area contributed by atoms with E-state index in [9.17, 15) is 45.2 Å². The third-order valence-corrected chi connectivity index (χ3v) is 11.5. The fourth-order valence-corrected chi connectivity index (χ4v) is 8.28. The van der Waals surface area contributed by atoms with E-state index in [2.05, 4.69) is 26.2 Å². The molecule has 1 saturated carbocycles. The number of hydrogen-bond donors (Lipinski definition) is 1. The quantitative estimate of drug-likeness (QED) is 0.330. The highest BCUT2D eigenvalue weighted by Crippen LogP contribution is 2.42. The Bertz CT molecular complexity index is 1790. The topological polar surface area (TPSA) is 142 Å². The summed E-state index contributed by atoms with van der Waals surface area (Å²) in [6, 6.07) is 5.74. The summed E-state index contributed by atoms with van der Waals surface area (Å²) in [6.07, 6.45) is -11.2. The second-order valence-corrected chi connectivity index (χ2v) is 15.6. The zero-order valence-corrected chi connectivity index (χ0v) is 28.5. The van der Waals surface area contributed by atoms with Crippen molar-refractivity contribution >= 4 is 49.4 Å². The molecule has 1 aromatic carbocycles. The van der Waals surface area contributed by atoms with E-state index in [1.165, 1.54) is 11.1 Å². The van der Waals surface area contributed by atoms with Crippen molar-refractivity contribution < 1.29 is 53.8 Å². The second-order valence-electron chi connectivity index (χ2n) is 12.1. The number of aromatic nitrogens is 1. The molecule has 20 heteroatoms. The highest BCUT2D eigenvalue weighted by atomic mass is 79.9. The van der Waals surface area contributed by atoms with E-state index in [1.807, 2.05) is 6.07 Å². The number of rotatable bonds is 10. The van der Waals surface area contributed by atoms with E-state index in [1.54, 1.807) is 0 Å². The van der Waals surface area contributed by atoms with Gasteiger partial charge in [0.25, 0.3) is 6.43 Å². The molecule has 1 aliphatic carbocycles. The summed E-state index contributed by atoms with van der Waals surface area (Å²) in [6.45, 7) is -1.48. The number of halogens is 8. The van der Waals surface area contributed by atoms with Gasteiger partial charge in [0, 0.05) is 42.8 Å². The summed E-state index contributed by atoms with van der Waals surface area (Å²) in [5.41, 5.74) is -3.48. The summed E-state index contributed by atoms with van der Waals surface area (Å²) < 4.78 is 119. The Morgan fingerprint density at radius 3 is 2.47 bits per heavy atom. The van der Waals surface area contributed by atoms with Gasteiger partial charge in [0.2, 0.25) is 5.91 Å². The lowest BCUT2D eigenvalue weighted by Crippen LogP contribution is -2.68. The molecule has 3 aliphatic rings. The molecule has 3 fully saturated rings. The number of carbonyl (C=O) groups is 2. The van der Waals surface area contributed by atoms with Crippen LogP contribution >= 0.6 is 27.5 Å². The molecule has 3 heterocycles. The van der Waals surface area contributed by atoms with E-state index in [-0.39, 0.29) is 10.2 Å². The summed E-state index contributed by atoms with van der Waals surface area (Å²) in [5, 5.41) is 9.75. The van der Waals surface area contributed by atoms with Crippen molar-refractivity contribution in [3.05, 3.63) is 51.5 Å². The van der Waals surface area contributed by atoms with Crippen molar-refractivity contribution in [3.63, 3.8) is 0 Å². The molecule has 49 heavy (non-hydrogen) atoms. The van der Waals surface area contributed by atoms with Gasteiger partial charge in [-0.05, 0) is 53.9 Å². The van der Waals surface area contributed by atoms with Gasteiger partial charge in [0.1, 0.15) is 22.5 Å². The molecule has 0 radical (unpaired) electrons. The van der Waals surface area contributed by atoms with Gasteiger partial charge in [-0.3, -0.25) is 14.7 Å². The number of nitriles is 1. The van der Waals surface area contributed by atoms with E-state index in [0.29, 0.717) is 12.8 Å². The largest absolute Gasteiger partial charge is 0.481 e. The van der Waals surface area contributed by atoms with Crippen molar-refractivity contribution in [3.8, 4) is 11.8 Å². The number of nitrogens with one attached hydrogen (secondary N) is 1. The molecular weight excluding hydrogens is 776 g/mol. The van der Waals surface area contributed by atoms with Gasteiger partial charge in [0.05, 0.1) is 33.5 Å². The van der Waals surface area contributed by atoms with Crippen molar-refractivity contribution in [1.82, 2.24) is 20.1 Å². The maximum absolute atomic E-state index is 15.3. The van der Waals surface area contributed by atoms with Crippen molar-refractivity contribution in [2.75, 3.05) is 26.2 Å². The van der Waals surface area contributed by atoms with Crippen molar-refractivity contribution in [1.29, 1.82) is 5.26 Å². The predicted molar refractivity (Wildman–Crippen MR) is 162 cm³/mol. The highest BCUT2D eigenvalue weighted by molar-refractivity contribution is 9.10. The number of nitrogens with zero attached hydrogens (tertiary/aromatic N) is 4. The van der Waals surface area contributed by atoms with Crippen LogP contribution in [0.15, 0.2) is 39.8 Å². The van der Waals surface area contributed by atoms with Crippen LogP contribution in [0.1, 0.15) is 31.9 Å². The minimum Gasteiger partial charge on any atom is -0.481 e. The predicted octanol–water partition coefficient (Wildman–Crippen LogP) is 4.97. The number of alkyl halides is 5. The van der Waals surface area contributed by atoms with E-state index in [0.717, 1.165) is 36.1 Å². The van der Waals surface area contributed by atoms with E-state index in [4.69, 9.17) is 21.1 Å². The number of amides is 2. The standard InChI is InChI=1S/C29H27BrClF6N5O6S/c1-15(29(35,36)37)47-17-2-3-21(19(31)7-17)49(45,46)18-8-23(48-26(44)40-27(12-38)4-5-27)42(10-18)25(43)28(13-41(14-28)11-22(33)34)24-20(32)6-16(30)9-39-24/h2-3,6-7,9,15,18,22-23H,4-5,8,10-11,13-14H2,1H3,(H,40,44)/t15-,18+,23-/m0/s1. The van der Waals surface area contributed by atoms with E-state index >= 15 is 4.39 Å². The molecule has 2 aliphatic heterocycles. The number of ether oxygens (including phenoxy) is 2. The first-order chi connectivity index (χ1) is 22.8. The van der Waals surface area contributed by atoms with Crippen LogP contribution in [0.25, 0.3) is 0 Å². The second kappa shape index (κ2) is 13.4. The fourth-order valence-electron chi connectivity index (χ4n) is 5.76. The summed E-state index contributed by atoms with van der Waals surface area (Å²) in [7, 11) is -4.52. The minimum atomic E-state index is -4.71. The normalized spacial score (nSPS) is 22.2. The number of likely N-dealkylation sites (tertiary alicyclic amines) is 2. The maximum Gasteiger partial charge on any atom is 0.425 e. The van der Waals surface area contributed by atoms with Crippen LogP contribution in [0.2, 0.25) is 5.02 Å². The Hall–Kier alpha value is -3.34. The Balaban J connectivity index is 1.47. The van der Waals surface area contributed by atoms with Gasteiger partial charge in [-0.1, -0.05) is 11.6 Å². The molecule has 1 N–H and O–H groups in total. The number of sulfone groups is 1. The lowest BCUT2D eigenvalue weighted by atomic mass is 9.74. The van der Waals surface area contributed by atoms with Crippen LogP contribution < -0.4 is 10.1 Å². The SMILES string of the molecule is C[C@H](Oc1ccc(S(=O)(=O)[C@@H]2C[C@H](OC(=O)NC3(C#N)CC3)N(C(=O)C3(c4ncc(Br)cc4F)CN(CC(F)F)C3)C2)c(Cl)c1)C(F)(F)F. The monoisotopic (exact) mass is 801 g/mol. The molecule has 3 atom stereocenters. The summed E-state index contributed by atoms with van der Waals surface area (Å²) >= 11 is 9.28. The molecule has 266 valence electrons. The number of carbonyl (C=O) groups excluding carboxylic acids is 2. The van der Waals surface area contributed by atoms with Crippen LogP contribution in [0.4, 0.5) is 31.1 Å². The molecule has 5 rings (SSSR count). The summed E-state index contributed by atoms with van der Waals surface area (Å²) in [5.74, 6) is -2.28. The molecule has 2 aromatic rings. The molecule has 1 aromatic heterocycles. The molecular formula is C29H27BrClF6N5O6S. The number of hydrogen-bond acceptors (Lipinski definition) is 9. The molecule has 2 amide bonds. The Morgan fingerprint density at radius 2 is 1.92 bits per heavy atom. The van der Waals surface area contributed by atoms with Gasteiger partial charge in [-0.25, -0.2) is 26.4 Å². The third kappa shape index (κ3) is 7.56. The molecule has 0 unspecified atom stereocenters. The Labute approximate surface area is 289 Å². The Morgan fingerprint density at radius 1 is 1.24 bits per heavy atom. The number of pyridine rings is 1. The number of benzene rings is 1. The first kappa shape index (κ1) is 36.9. The molecule has 2 saturated heterocycles. The first-order valence-corrected chi connectivity index (χ1v) is 17.3. The van der Waals surface area contributed by atoms with Gasteiger partial charge >= 0.3 is 12.3 Å². The zero-order valence-electron chi connectivity index (χ0n) is 25.3. The van der Waals surface area contributed by atoms with Crippen LogP contribution in [-0.4, -0.2) is 97.1 Å². The lowest BCUT2D eigenvalue weighted by Gasteiger charge is -2.50. The fraction of sp³-hybridized carbons (Fsp3) is 0.517. The van der Waals surface area contributed by atoms with Crippen LogP contribution in [0.5, 0.6) is 5.75 Å². The lowest BCUT2D eigenvalue weighted by molar-refractivity contribution is -0.189. The van der Waals surface area contributed by atoms with Crippen molar-refractivity contribution in [2.45, 2.75) is 72.2 Å². The average Bonchev–Trinajstić information content (AvgIpc) is 3.62. The van der Waals surface area contributed by atoms with E-state index < -0.39 is 117 Å². The Kier molecular flexibility index (Phi) is 10.1. The molecule has 11 nitrogen and oxygen atoms in total. The highest BCUT2D eigenvalue weighted by Gasteiger charge is 2.58. The van der Waals surface area contributed by atoms with Crippen LogP contribution in [0.3, 0.4) is 0 Å². The average molecular weight is 803 g/mol. The maximum atomic E-state index is 15.3. The van der Waals surface area contributed by atoms with Gasteiger partial charge < -0.3 is 19.7 Å². The van der Waals surface area contributed by atoms with Gasteiger partial charge in [-0.15, -0.1) is 0 Å². The van der Waals surface area contributed by atoms with Crippen LogP contribution in [0, 0.1) is 17.1 Å². The zero-order chi connectivity index (χ0) is 36.1. The first-order valence-electron chi connectivity index (χ1n) is 14.6. The van der Waals surface area contributed by atoms with Gasteiger partial charge in [-0.2, -0.15) is 18.4 Å². The molecule has 0 bridgehead atoms. The third-order valence-electron chi connectivity index (χ3n) is 8.50. The van der Waals surface area contributed by atoms with Crippen molar-refractivity contribution in [2.24, 2.45) is 0 Å². The minimum absolute atomic E-state index is 0.220. The molecule has 0 spiro atoms.